The predicted molar refractivity (Wildman–Crippen MR) is 143 cm³/mol. The van der Waals surface area contributed by atoms with E-state index in [9.17, 15) is 9.59 Å². The molecule has 0 spiro atoms. The zero-order valence-electron chi connectivity index (χ0n) is 21.5. The quantitative estimate of drug-likeness (QED) is 0.333. The Labute approximate surface area is 215 Å². The maximum absolute atomic E-state index is 13.7. The predicted octanol–water partition coefficient (Wildman–Crippen LogP) is 4.71. The zero-order valence-corrected chi connectivity index (χ0v) is 21.5. The van der Waals surface area contributed by atoms with Crippen LogP contribution in [0.4, 0.5) is 0 Å². The van der Waals surface area contributed by atoms with Crippen LogP contribution in [0.25, 0.3) is 22.6 Å². The van der Waals surface area contributed by atoms with Gasteiger partial charge in [-0.3, -0.25) is 13.9 Å². The Morgan fingerprint density at radius 3 is 2.32 bits per heavy atom. The minimum Gasteiger partial charge on any atom is -0.474 e. The molecule has 0 saturated heterocycles. The highest BCUT2D eigenvalue weighted by atomic mass is 16.5. The lowest BCUT2D eigenvalue weighted by atomic mass is 9.96. The summed E-state index contributed by atoms with van der Waals surface area (Å²) in [7, 11) is 0. The summed E-state index contributed by atoms with van der Waals surface area (Å²) >= 11 is 0. The summed E-state index contributed by atoms with van der Waals surface area (Å²) in [6.07, 6.45) is 8.54. The molecule has 192 valence electrons. The first-order valence-corrected chi connectivity index (χ1v) is 13.5. The fourth-order valence-electron chi connectivity index (χ4n) is 5.11. The molecule has 0 N–H and O–H groups in total. The molecule has 0 unspecified atom stereocenters. The first-order chi connectivity index (χ1) is 18.1. The van der Waals surface area contributed by atoms with Crippen molar-refractivity contribution in [2.24, 2.45) is 0 Å². The number of hydrogen-bond donors (Lipinski definition) is 0. The number of aromatic nitrogens is 5. The number of fused-ring (bicyclic) bond motifs is 1. The fourth-order valence-corrected chi connectivity index (χ4v) is 5.11. The van der Waals surface area contributed by atoms with Crippen molar-refractivity contribution in [3.05, 3.63) is 74.6 Å². The van der Waals surface area contributed by atoms with E-state index in [0.717, 1.165) is 24.0 Å². The van der Waals surface area contributed by atoms with E-state index >= 15 is 0 Å². The van der Waals surface area contributed by atoms with Crippen LogP contribution in [0.1, 0.15) is 69.4 Å². The molecule has 2 aliphatic rings. The molecule has 0 radical (unpaired) electrons. The van der Waals surface area contributed by atoms with Gasteiger partial charge < -0.3 is 9.30 Å². The van der Waals surface area contributed by atoms with Gasteiger partial charge in [-0.15, -0.1) is 0 Å². The summed E-state index contributed by atoms with van der Waals surface area (Å²) in [4.78, 5) is 36.3. The average Bonchev–Trinajstić information content (AvgIpc) is 3.67. The van der Waals surface area contributed by atoms with Crippen LogP contribution in [-0.4, -0.2) is 29.8 Å². The molecule has 1 aromatic carbocycles. The van der Waals surface area contributed by atoms with E-state index in [0.29, 0.717) is 54.8 Å². The van der Waals surface area contributed by atoms with Crippen LogP contribution < -0.4 is 16.0 Å². The molecule has 3 aromatic heterocycles. The van der Waals surface area contributed by atoms with Crippen molar-refractivity contribution >= 4 is 11.2 Å². The normalized spacial score (nSPS) is 15.7. The highest BCUT2D eigenvalue weighted by Gasteiger charge is 2.25. The summed E-state index contributed by atoms with van der Waals surface area (Å²) in [5.74, 6) is 1.91. The number of hydrogen-bond acceptors (Lipinski definition) is 5. The van der Waals surface area contributed by atoms with Crippen molar-refractivity contribution in [1.29, 1.82) is 0 Å². The Kier molecular flexibility index (Phi) is 6.18. The number of ether oxygens (including phenoxy) is 1. The van der Waals surface area contributed by atoms with Crippen LogP contribution in [0.2, 0.25) is 0 Å². The van der Waals surface area contributed by atoms with Gasteiger partial charge in [0.15, 0.2) is 11.2 Å². The molecule has 0 amide bonds. The second kappa shape index (κ2) is 9.65. The van der Waals surface area contributed by atoms with Crippen LogP contribution in [0.15, 0.2) is 52.2 Å². The smallest absolute Gasteiger partial charge is 0.332 e. The van der Waals surface area contributed by atoms with E-state index in [1.54, 1.807) is 10.8 Å². The second-order valence-electron chi connectivity index (χ2n) is 10.2. The van der Waals surface area contributed by atoms with E-state index < -0.39 is 0 Å². The van der Waals surface area contributed by atoms with Gasteiger partial charge >= 0.3 is 5.69 Å². The number of imidazole rings is 1. The second-order valence-corrected chi connectivity index (χ2v) is 10.2. The molecule has 2 aliphatic carbocycles. The van der Waals surface area contributed by atoms with Gasteiger partial charge in [0.25, 0.3) is 5.56 Å². The minimum atomic E-state index is -0.311. The number of nitrogens with zero attached hydrogens (tertiary/aromatic N) is 5. The topological polar surface area (TPSA) is 83.9 Å². The van der Waals surface area contributed by atoms with E-state index in [1.807, 2.05) is 30.5 Å². The van der Waals surface area contributed by atoms with E-state index in [2.05, 4.69) is 29.2 Å². The zero-order chi connectivity index (χ0) is 25.5. The lowest BCUT2D eigenvalue weighted by molar-refractivity contribution is 0.114. The molecule has 0 atom stereocenters. The van der Waals surface area contributed by atoms with E-state index in [-0.39, 0.29) is 17.4 Å². The number of rotatable bonds is 9. The Morgan fingerprint density at radius 2 is 1.73 bits per heavy atom. The highest BCUT2D eigenvalue weighted by Crippen LogP contribution is 2.40. The SMILES string of the molecule is CCCn1c(=O)c2c(nc(-c3ccc(OC4CCC4)nc3)n2Cc2ccc(C3CC3)cc2)n(CC)c1=O. The summed E-state index contributed by atoms with van der Waals surface area (Å²) in [5, 5.41) is 0. The number of pyridine rings is 1. The van der Waals surface area contributed by atoms with Gasteiger partial charge in [-0.25, -0.2) is 14.8 Å². The number of aryl methyl sites for hydroxylation is 1. The molecule has 3 heterocycles. The third-order valence-corrected chi connectivity index (χ3v) is 7.58. The molecule has 6 rings (SSSR count). The first-order valence-electron chi connectivity index (χ1n) is 13.5. The van der Waals surface area contributed by atoms with Gasteiger partial charge in [0, 0.05) is 37.5 Å². The Balaban J connectivity index is 1.49. The third-order valence-electron chi connectivity index (χ3n) is 7.58. The maximum Gasteiger partial charge on any atom is 0.332 e. The van der Waals surface area contributed by atoms with Gasteiger partial charge in [-0.05, 0) is 68.6 Å². The van der Waals surface area contributed by atoms with Crippen molar-refractivity contribution in [3.63, 3.8) is 0 Å². The fraction of sp³-hybridized carbons (Fsp3) is 0.448. The Morgan fingerprint density at radius 1 is 0.946 bits per heavy atom. The highest BCUT2D eigenvalue weighted by molar-refractivity contribution is 5.77. The van der Waals surface area contributed by atoms with Crippen molar-refractivity contribution in [1.82, 2.24) is 23.7 Å². The molecule has 0 aliphatic heterocycles. The molecule has 0 bridgehead atoms. The molecule has 8 nitrogen and oxygen atoms in total. The van der Waals surface area contributed by atoms with Crippen LogP contribution in [0, 0.1) is 0 Å². The lowest BCUT2D eigenvalue weighted by Gasteiger charge is -2.25. The Hall–Kier alpha value is -3.68. The van der Waals surface area contributed by atoms with Crippen LogP contribution in [-0.2, 0) is 19.6 Å². The Bertz CT molecular complexity index is 1540. The van der Waals surface area contributed by atoms with Crippen LogP contribution >= 0.6 is 0 Å². The average molecular weight is 500 g/mol. The summed E-state index contributed by atoms with van der Waals surface area (Å²) in [5.41, 5.74) is 3.50. The summed E-state index contributed by atoms with van der Waals surface area (Å²) < 4.78 is 10.8. The lowest BCUT2D eigenvalue weighted by Crippen LogP contribution is -2.40. The van der Waals surface area contributed by atoms with E-state index in [1.165, 1.54) is 29.4 Å². The van der Waals surface area contributed by atoms with Crippen molar-refractivity contribution in [3.8, 4) is 17.3 Å². The largest absolute Gasteiger partial charge is 0.474 e. The van der Waals surface area contributed by atoms with Gasteiger partial charge in [0.05, 0.1) is 0 Å². The molecular formula is C29H33N5O3. The summed E-state index contributed by atoms with van der Waals surface area (Å²) in [6.45, 7) is 5.15. The third kappa shape index (κ3) is 4.38. The summed E-state index contributed by atoms with van der Waals surface area (Å²) in [6, 6.07) is 12.5. The van der Waals surface area contributed by atoms with Gasteiger partial charge in [0.2, 0.25) is 5.88 Å². The molecule has 2 fully saturated rings. The van der Waals surface area contributed by atoms with Crippen molar-refractivity contribution in [2.75, 3.05) is 0 Å². The maximum atomic E-state index is 13.7. The van der Waals surface area contributed by atoms with Gasteiger partial charge in [0.1, 0.15) is 11.9 Å². The minimum absolute atomic E-state index is 0.248. The molecule has 2 saturated carbocycles. The molecule has 37 heavy (non-hydrogen) atoms. The van der Waals surface area contributed by atoms with E-state index in [4.69, 9.17) is 9.72 Å². The van der Waals surface area contributed by atoms with Crippen molar-refractivity contribution < 1.29 is 4.74 Å². The van der Waals surface area contributed by atoms with Crippen LogP contribution in [0.3, 0.4) is 0 Å². The molecule has 8 heteroatoms. The van der Waals surface area contributed by atoms with Crippen molar-refractivity contribution in [2.45, 2.75) is 84.0 Å². The molecule has 4 aromatic rings. The van der Waals surface area contributed by atoms with Crippen LogP contribution in [0.5, 0.6) is 5.88 Å². The van der Waals surface area contributed by atoms with Gasteiger partial charge in [-0.2, -0.15) is 0 Å². The monoisotopic (exact) mass is 499 g/mol. The molecular weight excluding hydrogens is 466 g/mol. The first kappa shape index (κ1) is 23.7. The number of benzene rings is 1. The standard InChI is InChI=1S/C29H33N5O3/c1-3-16-33-28(35)25-27(32(4-2)29(33)36)31-26(22-14-15-24(30-17-22)37-23-6-5-7-23)34(25)18-19-8-10-20(11-9-19)21-12-13-21/h8-11,14-15,17,21,23H,3-7,12-13,16,18H2,1-2H3. The van der Waals surface area contributed by atoms with Gasteiger partial charge in [-0.1, -0.05) is 31.2 Å².